The second kappa shape index (κ2) is 2.77. The number of fused-ring (bicyclic) bond motifs is 1. The topological polar surface area (TPSA) is 60.4 Å². The summed E-state index contributed by atoms with van der Waals surface area (Å²) in [7, 11) is 0. The van der Waals surface area contributed by atoms with Gasteiger partial charge in [-0.15, -0.1) is 0 Å². The van der Waals surface area contributed by atoms with Crippen molar-refractivity contribution in [2.75, 3.05) is 0 Å². The normalized spacial score (nSPS) is 70.3. The monoisotopic (exact) mass is 320 g/mol. The molecule has 6 saturated carbocycles. The highest BCUT2D eigenvalue weighted by Gasteiger charge is 2.98. The Bertz CT molecular complexity index is 829. The Kier molecular flexibility index (Phi) is 1.36. The highest BCUT2D eigenvalue weighted by Crippen LogP contribution is 2.97. The lowest BCUT2D eigenvalue weighted by Gasteiger charge is -2.74. The van der Waals surface area contributed by atoms with E-state index >= 15 is 0 Å². The average Bonchev–Trinajstić information content (AvgIpc) is 3.18. The van der Waals surface area contributed by atoms with Gasteiger partial charge in [-0.2, -0.15) is 0 Å². The molecule has 1 saturated heterocycles. The molecule has 8 aliphatic carbocycles. The molecule has 0 aromatic carbocycles. The quantitative estimate of drug-likeness (QED) is 0.384. The van der Waals surface area contributed by atoms with Crippen molar-refractivity contribution in [1.82, 2.24) is 0 Å². The zero-order valence-electron chi connectivity index (χ0n) is 13.0. The van der Waals surface area contributed by atoms with Crippen molar-refractivity contribution in [1.29, 1.82) is 0 Å². The molecule has 0 radical (unpaired) electrons. The molecule has 24 heavy (non-hydrogen) atoms. The highest BCUT2D eigenvalue weighted by molar-refractivity contribution is 6.04. The average molecular weight is 320 g/mol. The van der Waals surface area contributed by atoms with Crippen molar-refractivity contribution in [3.05, 3.63) is 24.3 Å². The standard InChI is InChI=1S/C20H16O4/c1-5-10-6-4-7-11(10)16(21)20-9-3-2-8(19(5,20)14(6)15(7)20)12-13(9)18(23)24-17(12)22/h2-3,6-15H,1,4H2. The maximum atomic E-state index is 13.7. The van der Waals surface area contributed by atoms with Crippen molar-refractivity contribution < 1.29 is 19.1 Å². The molecule has 4 bridgehead atoms. The third-order valence-corrected chi connectivity index (χ3v) is 10.0. The number of Topliss-reactive ketones (excluding diaryl/α,β-unsaturated/α-hetero) is 1. The van der Waals surface area contributed by atoms with Gasteiger partial charge in [0.25, 0.3) is 0 Å². The van der Waals surface area contributed by atoms with Crippen LogP contribution in [0.1, 0.15) is 6.42 Å². The van der Waals surface area contributed by atoms with E-state index in [1.165, 1.54) is 12.0 Å². The Hall–Kier alpha value is -1.71. The van der Waals surface area contributed by atoms with E-state index in [9.17, 15) is 14.4 Å². The molecule has 7 fully saturated rings. The molecule has 9 rings (SSSR count). The molecular weight excluding hydrogens is 304 g/mol. The van der Waals surface area contributed by atoms with Gasteiger partial charge in [0.1, 0.15) is 5.78 Å². The van der Waals surface area contributed by atoms with E-state index in [0.717, 1.165) is 0 Å². The zero-order chi connectivity index (χ0) is 15.9. The summed E-state index contributed by atoms with van der Waals surface area (Å²) in [4.78, 5) is 38.5. The number of ketones is 1. The number of hydrogen-bond acceptors (Lipinski definition) is 4. The fourth-order valence-electron chi connectivity index (χ4n) is 10.3. The molecule has 4 nitrogen and oxygen atoms in total. The molecule has 0 aromatic heterocycles. The van der Waals surface area contributed by atoms with Gasteiger partial charge in [-0.05, 0) is 36.0 Å². The first-order chi connectivity index (χ1) is 11.6. The van der Waals surface area contributed by atoms with Crippen LogP contribution in [0.25, 0.3) is 0 Å². The van der Waals surface area contributed by atoms with Gasteiger partial charge >= 0.3 is 11.9 Å². The van der Waals surface area contributed by atoms with Gasteiger partial charge in [0.05, 0.1) is 11.8 Å². The molecule has 0 amide bonds. The first kappa shape index (κ1) is 11.8. The van der Waals surface area contributed by atoms with Crippen LogP contribution in [0.3, 0.4) is 0 Å². The summed E-state index contributed by atoms with van der Waals surface area (Å²) in [5.74, 6) is 1.32. The van der Waals surface area contributed by atoms with Crippen LogP contribution in [0.15, 0.2) is 24.3 Å². The maximum absolute atomic E-state index is 13.7. The molecule has 12 atom stereocenters. The van der Waals surface area contributed by atoms with Crippen LogP contribution in [0.4, 0.5) is 0 Å². The minimum Gasteiger partial charge on any atom is -0.393 e. The molecule has 1 heterocycles. The van der Waals surface area contributed by atoms with Gasteiger partial charge < -0.3 is 4.74 Å². The van der Waals surface area contributed by atoms with Crippen LogP contribution in [0.2, 0.25) is 0 Å². The summed E-state index contributed by atoms with van der Waals surface area (Å²) in [6.45, 7) is 4.53. The van der Waals surface area contributed by atoms with Gasteiger partial charge in [0, 0.05) is 28.6 Å². The summed E-state index contributed by atoms with van der Waals surface area (Å²) in [5.41, 5.74) is 0.620. The number of carbonyl (C=O) groups excluding carboxylic acids is 3. The first-order valence-corrected chi connectivity index (χ1v) is 9.25. The number of hydrogen-bond donors (Lipinski definition) is 0. The molecule has 2 spiro atoms. The second-order valence-electron chi connectivity index (χ2n) is 9.52. The van der Waals surface area contributed by atoms with Gasteiger partial charge in [0.15, 0.2) is 0 Å². The molecule has 120 valence electrons. The van der Waals surface area contributed by atoms with E-state index in [1.54, 1.807) is 0 Å². The predicted molar refractivity (Wildman–Crippen MR) is 78.8 cm³/mol. The number of carbonyl (C=O) groups is 3. The minimum absolute atomic E-state index is 0.0468. The number of ether oxygens (including phenoxy) is 1. The highest BCUT2D eigenvalue weighted by atomic mass is 16.6. The Morgan fingerprint density at radius 1 is 0.875 bits per heavy atom. The van der Waals surface area contributed by atoms with Gasteiger partial charge in [-0.25, -0.2) is 0 Å². The molecule has 1 aliphatic heterocycles. The van der Waals surface area contributed by atoms with Crippen LogP contribution in [0, 0.1) is 70.0 Å². The molecule has 12 unspecified atom stereocenters. The third kappa shape index (κ3) is 0.644. The Morgan fingerprint density at radius 3 is 2.17 bits per heavy atom. The minimum atomic E-state index is -0.425. The maximum Gasteiger partial charge on any atom is 0.318 e. The molecule has 0 N–H and O–H groups in total. The summed E-state index contributed by atoms with van der Waals surface area (Å²) in [6.07, 6.45) is 5.42. The van der Waals surface area contributed by atoms with Gasteiger partial charge in [-0.1, -0.05) is 24.3 Å². The molecular formula is C20H16O4. The molecule has 0 aromatic rings. The largest absolute Gasteiger partial charge is 0.393 e. The van der Waals surface area contributed by atoms with E-state index < -0.39 is 11.3 Å². The summed E-state index contributed by atoms with van der Waals surface area (Å²) in [5, 5.41) is 0. The third-order valence-electron chi connectivity index (χ3n) is 10.0. The lowest BCUT2D eigenvalue weighted by Crippen LogP contribution is -2.77. The fraction of sp³-hybridized carbons (Fsp3) is 0.650. The van der Waals surface area contributed by atoms with E-state index in [1.807, 2.05) is 0 Å². The predicted octanol–water partition coefficient (Wildman–Crippen LogP) is 1.37. The first-order valence-electron chi connectivity index (χ1n) is 9.25. The van der Waals surface area contributed by atoms with Crippen molar-refractivity contribution >= 4 is 17.7 Å². The fourth-order valence-corrected chi connectivity index (χ4v) is 10.3. The second-order valence-corrected chi connectivity index (χ2v) is 9.52. The lowest BCUT2D eigenvalue weighted by atomic mass is 9.25. The van der Waals surface area contributed by atoms with Crippen molar-refractivity contribution in [2.45, 2.75) is 6.42 Å². The number of rotatable bonds is 0. The summed E-state index contributed by atoms with van der Waals surface area (Å²) >= 11 is 0. The van der Waals surface area contributed by atoms with E-state index in [2.05, 4.69) is 18.7 Å². The van der Waals surface area contributed by atoms with Gasteiger partial charge in [0.2, 0.25) is 0 Å². The van der Waals surface area contributed by atoms with Crippen molar-refractivity contribution in [2.24, 2.45) is 70.0 Å². The van der Waals surface area contributed by atoms with E-state index in [4.69, 9.17) is 4.74 Å². The molecule has 4 heteroatoms. The molecule has 9 aliphatic rings. The Labute approximate surface area is 138 Å². The van der Waals surface area contributed by atoms with Crippen molar-refractivity contribution in [3.63, 3.8) is 0 Å². The number of allylic oxidation sites excluding steroid dienone is 3. The van der Waals surface area contributed by atoms with Crippen LogP contribution in [0.5, 0.6) is 0 Å². The van der Waals surface area contributed by atoms with Crippen LogP contribution >= 0.6 is 0 Å². The Balaban J connectivity index is 1.52. The van der Waals surface area contributed by atoms with E-state index in [-0.39, 0.29) is 41.0 Å². The van der Waals surface area contributed by atoms with Crippen molar-refractivity contribution in [3.8, 4) is 0 Å². The Morgan fingerprint density at radius 2 is 1.46 bits per heavy atom. The number of cyclic esters (lactones) is 2. The smallest absolute Gasteiger partial charge is 0.318 e. The summed E-state index contributed by atoms with van der Waals surface area (Å²) < 4.78 is 5.06. The van der Waals surface area contributed by atoms with E-state index in [0.29, 0.717) is 35.4 Å². The lowest BCUT2D eigenvalue weighted by molar-refractivity contribution is -0.244. The summed E-state index contributed by atoms with van der Waals surface area (Å²) in [6, 6.07) is 0. The number of esters is 2. The van der Waals surface area contributed by atoms with Crippen LogP contribution < -0.4 is 0 Å². The van der Waals surface area contributed by atoms with Crippen LogP contribution in [-0.2, 0) is 19.1 Å². The zero-order valence-corrected chi connectivity index (χ0v) is 13.0. The SMILES string of the molecule is C=C1C2C3CC4C2C(=O)C25C6C=CC(C7C(=O)OC(=O)C76)C12C3C45. The van der Waals surface area contributed by atoms with Gasteiger partial charge in [-0.3, -0.25) is 14.4 Å². The van der Waals surface area contributed by atoms with Crippen LogP contribution in [-0.4, -0.2) is 17.7 Å².